The molecule has 154 valence electrons. The highest BCUT2D eigenvalue weighted by Crippen LogP contribution is 2.01. The van der Waals surface area contributed by atoms with E-state index in [0.29, 0.717) is 38.4 Å². The zero-order valence-corrected chi connectivity index (χ0v) is 18.5. The number of rotatable bonds is 11. The van der Waals surface area contributed by atoms with Crippen LogP contribution in [0.25, 0.3) is 0 Å². The fourth-order valence-electron chi connectivity index (χ4n) is 2.32. The zero-order chi connectivity index (χ0) is 19.2. The Kier molecular flexibility index (Phi) is 12.8. The van der Waals surface area contributed by atoms with Gasteiger partial charge in [0.2, 0.25) is 0 Å². The molecular formula is C20H29IN4O3. The second-order valence-electron chi connectivity index (χ2n) is 5.79. The van der Waals surface area contributed by atoms with Crippen molar-refractivity contribution in [3.05, 3.63) is 60.1 Å². The van der Waals surface area contributed by atoms with Crippen LogP contribution in [0.1, 0.15) is 29.5 Å². The van der Waals surface area contributed by atoms with Gasteiger partial charge in [-0.3, -0.25) is 9.79 Å². The van der Waals surface area contributed by atoms with E-state index in [0.717, 1.165) is 24.7 Å². The smallest absolute Gasteiger partial charge is 0.251 e. The number of furan rings is 1. The minimum atomic E-state index is -0.0759. The van der Waals surface area contributed by atoms with Gasteiger partial charge in [-0.25, -0.2) is 0 Å². The average molecular weight is 500 g/mol. The van der Waals surface area contributed by atoms with Gasteiger partial charge in [0.15, 0.2) is 5.96 Å². The maximum atomic E-state index is 12.0. The standard InChI is InChI=1S/C20H28N4O3.HI/c1-2-21-20(23-11-7-14-26-16-18-10-6-15-27-18)24-13-12-22-19(25)17-8-4-3-5-9-17;/h3-6,8-10,15H,2,7,11-14,16H2,1H3,(H,22,25)(H2,21,23,24);1H. The van der Waals surface area contributed by atoms with E-state index in [1.165, 1.54) is 0 Å². The van der Waals surface area contributed by atoms with Crippen LogP contribution in [0, 0.1) is 0 Å². The van der Waals surface area contributed by atoms with Crippen LogP contribution in [-0.4, -0.2) is 44.7 Å². The first-order valence-electron chi connectivity index (χ1n) is 9.25. The molecule has 8 heteroatoms. The molecule has 0 radical (unpaired) electrons. The number of benzene rings is 1. The number of hydrogen-bond donors (Lipinski definition) is 3. The number of carbonyl (C=O) groups is 1. The molecule has 0 saturated heterocycles. The lowest BCUT2D eigenvalue weighted by Gasteiger charge is -2.12. The lowest BCUT2D eigenvalue weighted by Crippen LogP contribution is -2.41. The van der Waals surface area contributed by atoms with E-state index in [1.807, 2.05) is 37.3 Å². The molecule has 2 rings (SSSR count). The van der Waals surface area contributed by atoms with Gasteiger partial charge in [0.05, 0.1) is 6.26 Å². The Morgan fingerprint density at radius 3 is 2.57 bits per heavy atom. The van der Waals surface area contributed by atoms with Gasteiger partial charge in [-0.05, 0) is 37.6 Å². The van der Waals surface area contributed by atoms with Crippen molar-refractivity contribution in [2.24, 2.45) is 4.99 Å². The van der Waals surface area contributed by atoms with E-state index in [1.54, 1.807) is 18.4 Å². The van der Waals surface area contributed by atoms with Crippen molar-refractivity contribution in [2.45, 2.75) is 20.0 Å². The van der Waals surface area contributed by atoms with Crippen molar-refractivity contribution in [2.75, 3.05) is 32.8 Å². The predicted octanol–water partition coefficient (Wildman–Crippen LogP) is 2.79. The molecule has 0 bridgehead atoms. The molecule has 0 atom stereocenters. The second kappa shape index (κ2) is 14.9. The monoisotopic (exact) mass is 500 g/mol. The van der Waals surface area contributed by atoms with Gasteiger partial charge in [-0.2, -0.15) is 0 Å². The first-order valence-corrected chi connectivity index (χ1v) is 9.25. The highest BCUT2D eigenvalue weighted by molar-refractivity contribution is 14.0. The van der Waals surface area contributed by atoms with Crippen LogP contribution in [0.5, 0.6) is 0 Å². The molecule has 3 N–H and O–H groups in total. The Morgan fingerprint density at radius 2 is 1.86 bits per heavy atom. The second-order valence-corrected chi connectivity index (χ2v) is 5.79. The lowest BCUT2D eigenvalue weighted by atomic mass is 10.2. The molecule has 7 nitrogen and oxygen atoms in total. The number of ether oxygens (including phenoxy) is 1. The Morgan fingerprint density at radius 1 is 1.07 bits per heavy atom. The van der Waals surface area contributed by atoms with Crippen molar-refractivity contribution < 1.29 is 13.9 Å². The van der Waals surface area contributed by atoms with Gasteiger partial charge in [0.1, 0.15) is 12.4 Å². The van der Waals surface area contributed by atoms with E-state index >= 15 is 0 Å². The van der Waals surface area contributed by atoms with Crippen LogP contribution in [-0.2, 0) is 11.3 Å². The molecular weight excluding hydrogens is 471 g/mol. The summed E-state index contributed by atoms with van der Waals surface area (Å²) in [6, 6.07) is 12.9. The first kappa shape index (κ1) is 24.0. The fraction of sp³-hybridized carbons (Fsp3) is 0.400. The summed E-state index contributed by atoms with van der Waals surface area (Å²) in [5.41, 5.74) is 0.660. The number of amides is 1. The van der Waals surface area contributed by atoms with E-state index in [9.17, 15) is 4.79 Å². The number of nitrogens with zero attached hydrogens (tertiary/aromatic N) is 1. The Balaban J connectivity index is 0.00000392. The molecule has 0 unspecified atom stereocenters. The molecule has 0 fully saturated rings. The molecule has 2 aromatic rings. The summed E-state index contributed by atoms with van der Waals surface area (Å²) in [5, 5.41) is 9.28. The van der Waals surface area contributed by atoms with E-state index < -0.39 is 0 Å². The van der Waals surface area contributed by atoms with Crippen molar-refractivity contribution >= 4 is 35.8 Å². The highest BCUT2D eigenvalue weighted by atomic mass is 127. The van der Waals surface area contributed by atoms with Gasteiger partial charge >= 0.3 is 0 Å². The predicted molar refractivity (Wildman–Crippen MR) is 121 cm³/mol. The number of nitrogens with one attached hydrogen (secondary N) is 3. The van der Waals surface area contributed by atoms with Crippen LogP contribution in [0.15, 0.2) is 58.1 Å². The van der Waals surface area contributed by atoms with E-state index in [-0.39, 0.29) is 29.9 Å². The number of hydrogen-bond acceptors (Lipinski definition) is 4. The average Bonchev–Trinajstić information content (AvgIpc) is 3.21. The molecule has 28 heavy (non-hydrogen) atoms. The van der Waals surface area contributed by atoms with E-state index in [2.05, 4.69) is 20.9 Å². The van der Waals surface area contributed by atoms with Crippen LogP contribution in [0.4, 0.5) is 0 Å². The van der Waals surface area contributed by atoms with Crippen molar-refractivity contribution in [3.63, 3.8) is 0 Å². The molecule has 0 saturated carbocycles. The first-order chi connectivity index (χ1) is 13.3. The Hall–Kier alpha value is -2.07. The van der Waals surface area contributed by atoms with Gasteiger partial charge in [0.25, 0.3) is 5.91 Å². The van der Waals surface area contributed by atoms with Gasteiger partial charge < -0.3 is 25.1 Å². The summed E-state index contributed by atoms with van der Waals surface area (Å²) in [6.07, 6.45) is 2.46. The van der Waals surface area contributed by atoms with Crippen molar-refractivity contribution in [1.82, 2.24) is 16.0 Å². The quantitative estimate of drug-likeness (QED) is 0.191. The van der Waals surface area contributed by atoms with Crippen LogP contribution in [0.3, 0.4) is 0 Å². The van der Waals surface area contributed by atoms with Gasteiger partial charge in [-0.15, -0.1) is 24.0 Å². The normalized spacial score (nSPS) is 10.8. The van der Waals surface area contributed by atoms with Crippen LogP contribution < -0.4 is 16.0 Å². The zero-order valence-electron chi connectivity index (χ0n) is 16.1. The Labute approximate surface area is 183 Å². The van der Waals surface area contributed by atoms with Crippen LogP contribution >= 0.6 is 24.0 Å². The molecule has 0 aliphatic carbocycles. The third kappa shape index (κ3) is 9.75. The molecule has 1 amide bonds. The number of guanidine groups is 1. The topological polar surface area (TPSA) is 87.9 Å². The van der Waals surface area contributed by atoms with Gasteiger partial charge in [-0.1, -0.05) is 18.2 Å². The third-order valence-corrected chi connectivity index (χ3v) is 3.62. The minimum Gasteiger partial charge on any atom is -0.467 e. The summed E-state index contributed by atoms with van der Waals surface area (Å²) < 4.78 is 10.7. The van der Waals surface area contributed by atoms with E-state index in [4.69, 9.17) is 9.15 Å². The van der Waals surface area contributed by atoms with Crippen molar-refractivity contribution in [3.8, 4) is 0 Å². The molecule has 1 aromatic heterocycles. The number of halogens is 1. The molecule has 0 aliphatic heterocycles. The number of aliphatic imine (C=N–C) groups is 1. The molecule has 0 aliphatic rings. The minimum absolute atomic E-state index is 0. The maximum Gasteiger partial charge on any atom is 0.251 e. The van der Waals surface area contributed by atoms with Crippen molar-refractivity contribution in [1.29, 1.82) is 0 Å². The third-order valence-electron chi connectivity index (χ3n) is 3.62. The fourth-order valence-corrected chi connectivity index (χ4v) is 2.32. The van der Waals surface area contributed by atoms with Crippen LogP contribution in [0.2, 0.25) is 0 Å². The lowest BCUT2D eigenvalue weighted by molar-refractivity contribution is 0.0954. The summed E-state index contributed by atoms with van der Waals surface area (Å²) in [6.45, 7) is 5.67. The molecule has 1 aromatic carbocycles. The Bertz CT molecular complexity index is 678. The summed E-state index contributed by atoms with van der Waals surface area (Å²) >= 11 is 0. The SMILES string of the molecule is CCNC(=NCCCOCc1ccco1)NCCNC(=O)c1ccccc1.I. The summed E-state index contributed by atoms with van der Waals surface area (Å²) in [5.74, 6) is 1.48. The number of carbonyl (C=O) groups excluding carboxylic acids is 1. The molecule has 0 spiro atoms. The highest BCUT2D eigenvalue weighted by Gasteiger charge is 2.03. The summed E-state index contributed by atoms with van der Waals surface area (Å²) in [7, 11) is 0. The van der Waals surface area contributed by atoms with Gasteiger partial charge in [0, 0.05) is 38.3 Å². The molecule has 1 heterocycles. The maximum absolute atomic E-state index is 12.0. The largest absolute Gasteiger partial charge is 0.467 e. The summed E-state index contributed by atoms with van der Waals surface area (Å²) in [4.78, 5) is 16.5.